The zero-order valence-corrected chi connectivity index (χ0v) is 35.2. The van der Waals surface area contributed by atoms with Gasteiger partial charge in [0.05, 0.1) is 5.41 Å². The topological polar surface area (TPSA) is 6.48 Å². The average molecular weight is 765 g/mol. The van der Waals surface area contributed by atoms with Crippen molar-refractivity contribution in [1.82, 2.24) is 0 Å². The van der Waals surface area contributed by atoms with Crippen molar-refractivity contribution in [3.8, 4) is 33.4 Å². The van der Waals surface area contributed by atoms with Gasteiger partial charge < -0.3 is 9.80 Å². The first-order valence-corrected chi connectivity index (χ1v) is 21.5. The smallest absolute Gasteiger partial charge is 0.0725 e. The van der Waals surface area contributed by atoms with Crippen LogP contribution in [0.3, 0.4) is 0 Å². The molecule has 0 atom stereocenters. The molecule has 0 unspecified atom stereocenters. The molecule has 0 N–H and O–H groups in total. The Kier molecular flexibility index (Phi) is 8.87. The summed E-state index contributed by atoms with van der Waals surface area (Å²) in [5, 5.41) is 0. The van der Waals surface area contributed by atoms with Crippen LogP contribution in [0.5, 0.6) is 0 Å². The van der Waals surface area contributed by atoms with Crippen LogP contribution in [0.1, 0.15) is 91.5 Å². The standard InChI is InChI=1S/C57H52N2/c1-8-38(6)58(55-21-15-10-16-37(55)5)44-27-29-53-49(34-44)50-35-45(28-30-54(50)57(53)51-19-13-11-17-46(51)47-18-12-14-20-52(47)57)59(39(7)9-2)56-31-26-43(33-48(56)36(3)4)42-25-23-40-22-24-41(40)32-42/h9-21,23,25-36H,6,8,22,24H2,1-5,7H3. The third-order valence-electron chi connectivity index (χ3n) is 13.5. The fourth-order valence-corrected chi connectivity index (χ4v) is 10.3. The van der Waals surface area contributed by atoms with E-state index in [9.17, 15) is 0 Å². The molecule has 0 aliphatic heterocycles. The van der Waals surface area contributed by atoms with E-state index in [1.165, 1.54) is 108 Å². The summed E-state index contributed by atoms with van der Waals surface area (Å²) >= 11 is 0. The Labute approximate surface area is 350 Å². The SMILES string of the molecule is C=C(CC)N(c1ccc2c(c1)-c1cc(N(C(C)=CC)c3ccc(-c4ccc5c(c4)CC5)cc3C(C)C)ccc1C21c2ccccc2-c2ccccc21)c1ccccc1C. The van der Waals surface area contributed by atoms with Gasteiger partial charge in [0.1, 0.15) is 0 Å². The molecular formula is C57H52N2. The monoisotopic (exact) mass is 764 g/mol. The average Bonchev–Trinajstić information content (AvgIpc) is 3.71. The van der Waals surface area contributed by atoms with Gasteiger partial charge >= 0.3 is 0 Å². The number of allylic oxidation sites excluding steroid dienone is 3. The lowest BCUT2D eigenvalue weighted by Crippen LogP contribution is -2.26. The van der Waals surface area contributed by atoms with Crippen molar-refractivity contribution in [3.63, 3.8) is 0 Å². The van der Waals surface area contributed by atoms with Crippen molar-refractivity contribution in [3.05, 3.63) is 214 Å². The molecular weight excluding hydrogens is 713 g/mol. The summed E-state index contributed by atoms with van der Waals surface area (Å²) in [4.78, 5) is 4.85. The van der Waals surface area contributed by atoms with Crippen LogP contribution in [0.2, 0.25) is 0 Å². The Bertz CT molecular complexity index is 2820. The highest BCUT2D eigenvalue weighted by atomic mass is 15.2. The molecule has 10 rings (SSSR count). The lowest BCUT2D eigenvalue weighted by atomic mass is 9.70. The van der Waals surface area contributed by atoms with E-state index < -0.39 is 5.41 Å². The van der Waals surface area contributed by atoms with Crippen LogP contribution < -0.4 is 9.80 Å². The van der Waals surface area contributed by atoms with Gasteiger partial charge in [-0.2, -0.15) is 0 Å². The van der Waals surface area contributed by atoms with E-state index in [1.807, 2.05) is 0 Å². The summed E-state index contributed by atoms with van der Waals surface area (Å²) in [5.74, 6) is 0.329. The minimum atomic E-state index is -0.438. The van der Waals surface area contributed by atoms with E-state index in [0.29, 0.717) is 5.92 Å². The summed E-state index contributed by atoms with van der Waals surface area (Å²) in [6.45, 7) is 18.1. The first-order chi connectivity index (χ1) is 28.7. The van der Waals surface area contributed by atoms with Gasteiger partial charge in [0.15, 0.2) is 0 Å². The van der Waals surface area contributed by atoms with Gasteiger partial charge in [0.25, 0.3) is 0 Å². The van der Waals surface area contributed by atoms with Crippen LogP contribution in [0, 0.1) is 6.92 Å². The van der Waals surface area contributed by atoms with E-state index in [2.05, 4.69) is 210 Å². The molecule has 0 heterocycles. The van der Waals surface area contributed by atoms with Gasteiger partial charge in [-0.1, -0.05) is 137 Å². The molecule has 3 aliphatic carbocycles. The van der Waals surface area contributed by atoms with Crippen molar-refractivity contribution < 1.29 is 0 Å². The Balaban J connectivity index is 1.20. The highest BCUT2D eigenvalue weighted by Gasteiger charge is 2.51. The van der Waals surface area contributed by atoms with E-state index in [1.54, 1.807) is 0 Å². The Morgan fingerprint density at radius 1 is 0.610 bits per heavy atom. The zero-order chi connectivity index (χ0) is 40.6. The summed E-state index contributed by atoms with van der Waals surface area (Å²) in [7, 11) is 0. The van der Waals surface area contributed by atoms with Crippen LogP contribution in [-0.4, -0.2) is 0 Å². The fraction of sp³-hybridized carbons (Fsp3) is 0.193. The number of aryl methyl sites for hydroxylation is 3. The van der Waals surface area contributed by atoms with Crippen molar-refractivity contribution >= 4 is 22.7 Å². The van der Waals surface area contributed by atoms with Gasteiger partial charge in [-0.25, -0.2) is 0 Å². The molecule has 0 saturated heterocycles. The Morgan fingerprint density at radius 3 is 1.75 bits per heavy atom. The van der Waals surface area contributed by atoms with Crippen LogP contribution in [0.4, 0.5) is 22.7 Å². The van der Waals surface area contributed by atoms with Crippen LogP contribution in [-0.2, 0) is 18.3 Å². The van der Waals surface area contributed by atoms with Crippen LogP contribution in [0.15, 0.2) is 170 Å². The van der Waals surface area contributed by atoms with Crippen molar-refractivity contribution in [2.75, 3.05) is 9.80 Å². The number of nitrogens with zero attached hydrogens (tertiary/aromatic N) is 2. The van der Waals surface area contributed by atoms with Crippen molar-refractivity contribution in [1.29, 1.82) is 0 Å². The summed E-state index contributed by atoms with van der Waals surface area (Å²) in [6, 6.07) is 55.5. The van der Waals surface area contributed by atoms with E-state index in [0.717, 1.165) is 23.5 Å². The second-order valence-corrected chi connectivity index (χ2v) is 17.0. The van der Waals surface area contributed by atoms with Gasteiger partial charge in [-0.3, -0.25) is 0 Å². The molecule has 0 bridgehead atoms. The van der Waals surface area contributed by atoms with Gasteiger partial charge in [-0.05, 0) is 166 Å². The maximum absolute atomic E-state index is 4.61. The summed E-state index contributed by atoms with van der Waals surface area (Å²) in [6.07, 6.45) is 5.48. The minimum Gasteiger partial charge on any atom is -0.315 e. The number of rotatable bonds is 9. The molecule has 0 aromatic heterocycles. The highest BCUT2D eigenvalue weighted by molar-refractivity contribution is 5.97. The molecule has 0 radical (unpaired) electrons. The number of para-hydroxylation sites is 1. The highest BCUT2D eigenvalue weighted by Crippen LogP contribution is 2.63. The third kappa shape index (κ3) is 5.53. The van der Waals surface area contributed by atoms with Gasteiger partial charge in [0.2, 0.25) is 0 Å². The first-order valence-electron chi connectivity index (χ1n) is 21.5. The quantitative estimate of drug-likeness (QED) is 0.144. The van der Waals surface area contributed by atoms with Crippen LogP contribution in [0.25, 0.3) is 33.4 Å². The first kappa shape index (κ1) is 36.9. The normalized spacial score (nSPS) is 14.0. The molecule has 2 nitrogen and oxygen atoms in total. The minimum absolute atomic E-state index is 0.329. The lowest BCUT2D eigenvalue weighted by Gasteiger charge is -2.32. The number of hydrogen-bond acceptors (Lipinski definition) is 2. The van der Waals surface area contributed by atoms with Gasteiger partial charge in [-0.15, -0.1) is 0 Å². The largest absolute Gasteiger partial charge is 0.315 e. The molecule has 59 heavy (non-hydrogen) atoms. The molecule has 3 aliphatic rings. The molecule has 0 amide bonds. The van der Waals surface area contributed by atoms with Crippen LogP contribution >= 0.6 is 0 Å². The summed E-state index contributed by atoms with van der Waals surface area (Å²) in [5.41, 5.74) is 25.2. The second-order valence-electron chi connectivity index (χ2n) is 17.0. The molecule has 290 valence electrons. The van der Waals surface area contributed by atoms with Crippen molar-refractivity contribution in [2.45, 2.75) is 72.1 Å². The molecule has 0 saturated carbocycles. The predicted octanol–water partition coefficient (Wildman–Crippen LogP) is 15.4. The van der Waals surface area contributed by atoms with E-state index >= 15 is 0 Å². The molecule has 7 aromatic carbocycles. The number of benzene rings is 7. The maximum Gasteiger partial charge on any atom is 0.0725 e. The van der Waals surface area contributed by atoms with E-state index in [4.69, 9.17) is 0 Å². The third-order valence-corrected chi connectivity index (χ3v) is 13.5. The fourth-order valence-electron chi connectivity index (χ4n) is 10.3. The van der Waals surface area contributed by atoms with Crippen molar-refractivity contribution in [2.24, 2.45) is 0 Å². The summed E-state index contributed by atoms with van der Waals surface area (Å²) < 4.78 is 0. The number of hydrogen-bond donors (Lipinski definition) is 0. The number of anilines is 4. The maximum atomic E-state index is 4.61. The second kappa shape index (κ2) is 14.2. The zero-order valence-electron chi connectivity index (χ0n) is 35.2. The van der Waals surface area contributed by atoms with E-state index in [-0.39, 0.29) is 0 Å². The lowest BCUT2D eigenvalue weighted by molar-refractivity contribution is 0.793. The predicted molar refractivity (Wildman–Crippen MR) is 250 cm³/mol. The molecule has 7 aromatic rings. The molecule has 1 spiro atoms. The Hall–Kier alpha value is -6.38. The Morgan fingerprint density at radius 2 is 1.17 bits per heavy atom. The molecule has 2 heteroatoms. The number of fused-ring (bicyclic) bond motifs is 11. The van der Waals surface area contributed by atoms with Gasteiger partial charge in [0, 0.05) is 34.1 Å². The molecule has 0 fully saturated rings.